The molecule has 3 atom stereocenters. The summed E-state index contributed by atoms with van der Waals surface area (Å²) in [5.41, 5.74) is 1.38. The highest BCUT2D eigenvalue weighted by molar-refractivity contribution is 5.09. The van der Waals surface area contributed by atoms with E-state index in [2.05, 4.69) is 38.7 Å². The van der Waals surface area contributed by atoms with Crippen molar-refractivity contribution in [1.82, 2.24) is 19.7 Å². The minimum absolute atomic E-state index is 0.344. The molecular weight excluding hydrogens is 348 g/mol. The molecule has 156 valence electrons. The van der Waals surface area contributed by atoms with Gasteiger partial charge in [0.15, 0.2) is 0 Å². The van der Waals surface area contributed by atoms with Crippen molar-refractivity contribution in [3.05, 3.63) is 30.1 Å². The van der Waals surface area contributed by atoms with Crippen molar-refractivity contribution < 1.29 is 4.74 Å². The monoisotopic (exact) mass is 386 g/mol. The number of piperidine rings is 2. The van der Waals surface area contributed by atoms with Gasteiger partial charge in [0.05, 0.1) is 0 Å². The zero-order valence-electron chi connectivity index (χ0n) is 17.6. The third kappa shape index (κ3) is 5.12. The smallest absolute Gasteiger partial charge is 0.114 e. The molecule has 0 saturated carbocycles. The Labute approximate surface area is 171 Å². The molecule has 5 heteroatoms. The standard InChI is InChI=1S/C23H38N4O/c1-2-16-28-23(26-12-4-3-5-13-26)21-6-7-22-19-25(14-15-27(22)18-21)17-20-8-10-24-11-9-20/h8-11,21-23H,2-7,12-19H2,1H3. The van der Waals surface area contributed by atoms with Gasteiger partial charge in [-0.1, -0.05) is 13.3 Å². The van der Waals surface area contributed by atoms with Crippen molar-refractivity contribution in [2.45, 2.75) is 64.3 Å². The van der Waals surface area contributed by atoms with E-state index in [-0.39, 0.29) is 0 Å². The Balaban J connectivity index is 1.32. The van der Waals surface area contributed by atoms with Gasteiger partial charge < -0.3 is 4.74 Å². The lowest BCUT2D eigenvalue weighted by Gasteiger charge is -2.49. The van der Waals surface area contributed by atoms with Crippen LogP contribution < -0.4 is 0 Å². The normalized spacial score (nSPS) is 28.8. The summed E-state index contributed by atoms with van der Waals surface area (Å²) in [7, 11) is 0. The number of piperazine rings is 1. The van der Waals surface area contributed by atoms with Gasteiger partial charge in [-0.15, -0.1) is 0 Å². The van der Waals surface area contributed by atoms with Crippen LogP contribution in [0.15, 0.2) is 24.5 Å². The Hall–Kier alpha value is -1.01. The lowest BCUT2D eigenvalue weighted by atomic mass is 9.88. The first-order valence-electron chi connectivity index (χ1n) is 11.5. The van der Waals surface area contributed by atoms with Crippen LogP contribution in [-0.4, -0.2) is 77.8 Å². The van der Waals surface area contributed by atoms with Crippen LogP contribution in [0.25, 0.3) is 0 Å². The molecule has 4 heterocycles. The van der Waals surface area contributed by atoms with Crippen molar-refractivity contribution in [1.29, 1.82) is 0 Å². The Kier molecular flexibility index (Phi) is 7.35. The molecule has 1 aromatic heterocycles. The number of aromatic nitrogens is 1. The van der Waals surface area contributed by atoms with Gasteiger partial charge in [0.2, 0.25) is 0 Å². The summed E-state index contributed by atoms with van der Waals surface area (Å²) >= 11 is 0. The molecule has 0 N–H and O–H groups in total. The van der Waals surface area contributed by atoms with E-state index >= 15 is 0 Å². The molecule has 3 fully saturated rings. The molecule has 28 heavy (non-hydrogen) atoms. The fourth-order valence-corrected chi connectivity index (χ4v) is 5.34. The molecule has 0 aliphatic carbocycles. The van der Waals surface area contributed by atoms with Crippen molar-refractivity contribution in [2.24, 2.45) is 5.92 Å². The lowest BCUT2D eigenvalue weighted by Crippen LogP contribution is -2.59. The van der Waals surface area contributed by atoms with Crippen LogP contribution in [0.4, 0.5) is 0 Å². The third-order valence-corrected chi connectivity index (χ3v) is 6.83. The van der Waals surface area contributed by atoms with E-state index < -0.39 is 0 Å². The first-order chi connectivity index (χ1) is 13.8. The molecule has 0 radical (unpaired) electrons. The molecule has 3 unspecified atom stereocenters. The van der Waals surface area contributed by atoms with E-state index in [0.29, 0.717) is 12.1 Å². The van der Waals surface area contributed by atoms with Gasteiger partial charge in [-0.25, -0.2) is 0 Å². The fraction of sp³-hybridized carbons (Fsp3) is 0.783. The number of ether oxygens (including phenoxy) is 1. The van der Waals surface area contributed by atoms with Gasteiger partial charge in [0.25, 0.3) is 0 Å². The summed E-state index contributed by atoms with van der Waals surface area (Å²) in [5, 5.41) is 0. The Morgan fingerprint density at radius 1 is 1.04 bits per heavy atom. The molecule has 0 bridgehead atoms. The number of hydrogen-bond donors (Lipinski definition) is 0. The van der Waals surface area contributed by atoms with Gasteiger partial charge in [0, 0.05) is 76.8 Å². The maximum absolute atomic E-state index is 6.43. The minimum Gasteiger partial charge on any atom is -0.363 e. The van der Waals surface area contributed by atoms with Crippen molar-refractivity contribution >= 4 is 0 Å². The highest BCUT2D eigenvalue weighted by Crippen LogP contribution is 2.31. The average molecular weight is 387 g/mol. The van der Waals surface area contributed by atoms with Crippen molar-refractivity contribution in [3.63, 3.8) is 0 Å². The molecular formula is C23H38N4O. The summed E-state index contributed by atoms with van der Waals surface area (Å²) in [6.07, 6.45) is 12.0. The van der Waals surface area contributed by atoms with E-state index in [1.165, 1.54) is 76.9 Å². The van der Waals surface area contributed by atoms with Crippen molar-refractivity contribution in [3.8, 4) is 0 Å². The van der Waals surface area contributed by atoms with Gasteiger partial charge in [-0.2, -0.15) is 0 Å². The zero-order chi connectivity index (χ0) is 19.2. The van der Waals surface area contributed by atoms with E-state index in [1.807, 2.05) is 12.4 Å². The second-order valence-electron chi connectivity index (χ2n) is 8.93. The van der Waals surface area contributed by atoms with Gasteiger partial charge >= 0.3 is 0 Å². The maximum Gasteiger partial charge on any atom is 0.114 e. The van der Waals surface area contributed by atoms with Crippen LogP contribution in [0.1, 0.15) is 51.0 Å². The van der Waals surface area contributed by atoms with Gasteiger partial charge in [-0.3, -0.25) is 19.7 Å². The molecule has 3 aliphatic heterocycles. The molecule has 3 saturated heterocycles. The first kappa shape index (κ1) is 20.3. The summed E-state index contributed by atoms with van der Waals surface area (Å²) in [5.74, 6) is 0.674. The Morgan fingerprint density at radius 3 is 2.64 bits per heavy atom. The third-order valence-electron chi connectivity index (χ3n) is 6.83. The van der Waals surface area contributed by atoms with E-state index in [0.717, 1.165) is 25.6 Å². The Morgan fingerprint density at radius 2 is 1.86 bits per heavy atom. The number of hydrogen-bond acceptors (Lipinski definition) is 5. The molecule has 5 nitrogen and oxygen atoms in total. The average Bonchev–Trinajstić information content (AvgIpc) is 2.75. The second kappa shape index (κ2) is 10.1. The molecule has 0 spiro atoms. The second-order valence-corrected chi connectivity index (χ2v) is 8.93. The fourth-order valence-electron chi connectivity index (χ4n) is 5.34. The number of nitrogens with zero attached hydrogens (tertiary/aromatic N) is 4. The molecule has 0 amide bonds. The lowest BCUT2D eigenvalue weighted by molar-refractivity contribution is -0.123. The van der Waals surface area contributed by atoms with E-state index in [1.54, 1.807) is 0 Å². The number of pyridine rings is 1. The van der Waals surface area contributed by atoms with Crippen LogP contribution in [0.5, 0.6) is 0 Å². The van der Waals surface area contributed by atoms with Crippen LogP contribution in [0.2, 0.25) is 0 Å². The van der Waals surface area contributed by atoms with Crippen LogP contribution >= 0.6 is 0 Å². The summed E-state index contributed by atoms with van der Waals surface area (Å²) in [6, 6.07) is 5.02. The van der Waals surface area contributed by atoms with E-state index in [4.69, 9.17) is 4.74 Å². The quantitative estimate of drug-likeness (QED) is 0.718. The first-order valence-corrected chi connectivity index (χ1v) is 11.5. The molecule has 1 aromatic rings. The summed E-state index contributed by atoms with van der Waals surface area (Å²) < 4.78 is 6.43. The number of fused-ring (bicyclic) bond motifs is 1. The van der Waals surface area contributed by atoms with Crippen molar-refractivity contribution in [2.75, 3.05) is 45.9 Å². The van der Waals surface area contributed by atoms with Crippen LogP contribution in [-0.2, 0) is 11.3 Å². The predicted molar refractivity (Wildman–Crippen MR) is 113 cm³/mol. The number of rotatable bonds is 7. The van der Waals surface area contributed by atoms with Crippen LogP contribution in [0, 0.1) is 5.92 Å². The largest absolute Gasteiger partial charge is 0.363 e. The van der Waals surface area contributed by atoms with Crippen LogP contribution in [0.3, 0.4) is 0 Å². The SMILES string of the molecule is CCCOC(C1CCC2CN(Cc3ccncc3)CCN2C1)N1CCCCC1. The minimum atomic E-state index is 0.344. The molecule has 3 aliphatic rings. The Bertz CT molecular complexity index is 577. The highest BCUT2D eigenvalue weighted by Gasteiger charge is 2.38. The predicted octanol–water partition coefficient (Wildman–Crippen LogP) is 3.22. The van der Waals surface area contributed by atoms with E-state index in [9.17, 15) is 0 Å². The zero-order valence-corrected chi connectivity index (χ0v) is 17.6. The molecule has 4 rings (SSSR count). The van der Waals surface area contributed by atoms with Gasteiger partial charge in [0.1, 0.15) is 6.23 Å². The highest BCUT2D eigenvalue weighted by atomic mass is 16.5. The van der Waals surface area contributed by atoms with Gasteiger partial charge in [-0.05, 0) is 49.8 Å². The maximum atomic E-state index is 6.43. The summed E-state index contributed by atoms with van der Waals surface area (Å²) in [6.45, 7) is 11.5. The number of likely N-dealkylation sites (tertiary alicyclic amines) is 1. The molecule has 0 aromatic carbocycles. The summed E-state index contributed by atoms with van der Waals surface area (Å²) in [4.78, 5) is 12.2. The topological polar surface area (TPSA) is 31.8 Å².